The summed E-state index contributed by atoms with van der Waals surface area (Å²) in [6.07, 6.45) is 1.53. The standard InChI is InChI=1S/C17H20N2O5S/c1-10-11(2)25-16(18-12(3)20)15(10)17(22)24-9-14(21)19(4)8-13-6-5-7-23-13/h5-7H,8-9H2,1-4H3,(H,18,20). The number of hydrogen-bond donors (Lipinski definition) is 1. The first-order valence-electron chi connectivity index (χ1n) is 7.60. The summed E-state index contributed by atoms with van der Waals surface area (Å²) in [5.74, 6) is -0.621. The molecule has 2 rings (SSSR count). The molecule has 0 atom stereocenters. The predicted octanol–water partition coefficient (Wildman–Crippen LogP) is 2.73. The number of likely N-dealkylation sites (N-methyl/N-ethyl adjacent to an activating group) is 1. The van der Waals surface area contributed by atoms with Gasteiger partial charge in [0.1, 0.15) is 10.8 Å². The maximum Gasteiger partial charge on any atom is 0.341 e. The molecule has 7 nitrogen and oxygen atoms in total. The molecule has 0 spiro atoms. The number of rotatable bonds is 6. The van der Waals surface area contributed by atoms with E-state index in [2.05, 4.69) is 5.32 Å². The second-order valence-electron chi connectivity index (χ2n) is 5.57. The highest BCUT2D eigenvalue weighted by molar-refractivity contribution is 7.16. The van der Waals surface area contributed by atoms with Gasteiger partial charge in [-0.1, -0.05) is 0 Å². The number of amides is 2. The van der Waals surface area contributed by atoms with Crippen molar-refractivity contribution in [3.8, 4) is 0 Å². The lowest BCUT2D eigenvalue weighted by Gasteiger charge is -2.15. The zero-order valence-corrected chi connectivity index (χ0v) is 15.4. The zero-order chi connectivity index (χ0) is 18.6. The van der Waals surface area contributed by atoms with Crippen LogP contribution in [0.3, 0.4) is 0 Å². The highest BCUT2D eigenvalue weighted by atomic mass is 32.1. The van der Waals surface area contributed by atoms with Crippen molar-refractivity contribution >= 4 is 34.1 Å². The van der Waals surface area contributed by atoms with Gasteiger partial charge in [-0.15, -0.1) is 11.3 Å². The molecule has 2 aromatic heterocycles. The summed E-state index contributed by atoms with van der Waals surface area (Å²) >= 11 is 1.30. The molecular weight excluding hydrogens is 344 g/mol. The molecule has 0 fully saturated rings. The molecule has 0 bridgehead atoms. The summed E-state index contributed by atoms with van der Waals surface area (Å²) in [7, 11) is 1.60. The number of anilines is 1. The Bertz CT molecular complexity index is 779. The van der Waals surface area contributed by atoms with E-state index in [4.69, 9.17) is 9.15 Å². The third kappa shape index (κ3) is 4.69. The summed E-state index contributed by atoms with van der Waals surface area (Å²) in [5, 5.41) is 3.06. The second kappa shape index (κ2) is 7.98. The smallest absolute Gasteiger partial charge is 0.341 e. The van der Waals surface area contributed by atoms with E-state index < -0.39 is 5.97 Å². The molecule has 2 aromatic rings. The number of aryl methyl sites for hydroxylation is 1. The fourth-order valence-electron chi connectivity index (χ4n) is 2.15. The van der Waals surface area contributed by atoms with Gasteiger partial charge in [0, 0.05) is 18.8 Å². The highest BCUT2D eigenvalue weighted by Crippen LogP contribution is 2.32. The second-order valence-corrected chi connectivity index (χ2v) is 6.80. The van der Waals surface area contributed by atoms with Crippen molar-refractivity contribution in [2.45, 2.75) is 27.3 Å². The van der Waals surface area contributed by atoms with Gasteiger partial charge >= 0.3 is 5.97 Å². The molecule has 2 heterocycles. The molecule has 0 radical (unpaired) electrons. The lowest BCUT2D eigenvalue weighted by atomic mass is 10.1. The van der Waals surface area contributed by atoms with E-state index in [0.29, 0.717) is 16.3 Å². The van der Waals surface area contributed by atoms with Crippen molar-refractivity contribution in [1.82, 2.24) is 4.90 Å². The van der Waals surface area contributed by atoms with Gasteiger partial charge in [0.25, 0.3) is 5.91 Å². The lowest BCUT2D eigenvalue weighted by molar-refractivity contribution is -0.134. The minimum absolute atomic E-state index is 0.274. The largest absolute Gasteiger partial charge is 0.467 e. The van der Waals surface area contributed by atoms with E-state index >= 15 is 0 Å². The molecule has 8 heteroatoms. The summed E-state index contributed by atoms with van der Waals surface area (Å²) < 4.78 is 10.3. The van der Waals surface area contributed by atoms with Crippen LogP contribution in [0.1, 0.15) is 33.5 Å². The van der Waals surface area contributed by atoms with Gasteiger partial charge in [-0.25, -0.2) is 4.79 Å². The number of nitrogens with one attached hydrogen (secondary N) is 1. The number of furan rings is 1. The van der Waals surface area contributed by atoms with Gasteiger partial charge in [0.05, 0.1) is 18.4 Å². The van der Waals surface area contributed by atoms with Gasteiger partial charge in [0.2, 0.25) is 5.91 Å². The minimum Gasteiger partial charge on any atom is -0.467 e. The van der Waals surface area contributed by atoms with Crippen LogP contribution in [-0.4, -0.2) is 36.3 Å². The maximum absolute atomic E-state index is 12.4. The Balaban J connectivity index is 2.00. The van der Waals surface area contributed by atoms with Crippen LogP contribution in [0.2, 0.25) is 0 Å². The van der Waals surface area contributed by atoms with Gasteiger partial charge in [-0.2, -0.15) is 0 Å². The Hall–Kier alpha value is -2.61. The fourth-order valence-corrected chi connectivity index (χ4v) is 3.25. The van der Waals surface area contributed by atoms with E-state index in [-0.39, 0.29) is 25.0 Å². The van der Waals surface area contributed by atoms with Crippen molar-refractivity contribution < 1.29 is 23.5 Å². The molecule has 25 heavy (non-hydrogen) atoms. The monoisotopic (exact) mass is 364 g/mol. The zero-order valence-electron chi connectivity index (χ0n) is 14.5. The number of hydrogen-bond acceptors (Lipinski definition) is 6. The third-order valence-corrected chi connectivity index (χ3v) is 4.73. The summed E-state index contributed by atoms with van der Waals surface area (Å²) in [5.41, 5.74) is 1.02. The summed E-state index contributed by atoms with van der Waals surface area (Å²) in [4.78, 5) is 38.1. The Morgan fingerprint density at radius 1 is 1.32 bits per heavy atom. The van der Waals surface area contributed by atoms with Crippen LogP contribution in [0, 0.1) is 13.8 Å². The molecule has 0 aliphatic carbocycles. The summed E-state index contributed by atoms with van der Waals surface area (Å²) in [6, 6.07) is 3.49. The van der Waals surface area contributed by atoms with Crippen LogP contribution in [0.15, 0.2) is 22.8 Å². The molecule has 1 N–H and O–H groups in total. The molecule has 0 aliphatic heterocycles. The number of esters is 1. The Kier molecular flexibility index (Phi) is 5.97. The van der Waals surface area contributed by atoms with Crippen LogP contribution in [0.4, 0.5) is 5.00 Å². The normalized spacial score (nSPS) is 10.4. The van der Waals surface area contributed by atoms with Crippen molar-refractivity contribution in [3.05, 3.63) is 40.2 Å². The van der Waals surface area contributed by atoms with Gasteiger partial charge in [-0.3, -0.25) is 9.59 Å². The van der Waals surface area contributed by atoms with E-state index in [9.17, 15) is 14.4 Å². The number of nitrogens with zero attached hydrogens (tertiary/aromatic N) is 1. The molecule has 0 saturated heterocycles. The third-order valence-electron chi connectivity index (χ3n) is 3.60. The maximum atomic E-state index is 12.4. The number of ether oxygens (including phenoxy) is 1. The fraction of sp³-hybridized carbons (Fsp3) is 0.353. The first kappa shape index (κ1) is 18.7. The van der Waals surface area contributed by atoms with Gasteiger partial charge in [0.15, 0.2) is 6.61 Å². The average molecular weight is 364 g/mol. The number of thiophene rings is 1. The Labute approximate surface area is 149 Å². The quantitative estimate of drug-likeness (QED) is 0.796. The van der Waals surface area contributed by atoms with E-state index in [1.807, 2.05) is 6.92 Å². The summed E-state index contributed by atoms with van der Waals surface area (Å²) in [6.45, 7) is 4.90. The molecular formula is C17H20N2O5S. The van der Waals surface area contributed by atoms with Crippen LogP contribution in [0.25, 0.3) is 0 Å². The minimum atomic E-state index is -0.634. The predicted molar refractivity (Wildman–Crippen MR) is 93.6 cm³/mol. The van der Waals surface area contributed by atoms with E-state index in [1.165, 1.54) is 29.4 Å². The Morgan fingerprint density at radius 2 is 2.04 bits per heavy atom. The first-order chi connectivity index (χ1) is 11.8. The molecule has 134 valence electrons. The number of carbonyl (C=O) groups excluding carboxylic acids is 3. The number of carbonyl (C=O) groups is 3. The van der Waals surface area contributed by atoms with Crippen LogP contribution >= 0.6 is 11.3 Å². The molecule has 0 saturated carbocycles. The van der Waals surface area contributed by atoms with Crippen LogP contribution < -0.4 is 5.32 Å². The van der Waals surface area contributed by atoms with E-state index in [1.54, 1.807) is 26.1 Å². The van der Waals surface area contributed by atoms with Crippen molar-refractivity contribution in [1.29, 1.82) is 0 Å². The molecule has 0 unspecified atom stereocenters. The molecule has 2 amide bonds. The van der Waals surface area contributed by atoms with Gasteiger partial charge < -0.3 is 19.4 Å². The van der Waals surface area contributed by atoms with Gasteiger partial charge in [-0.05, 0) is 31.5 Å². The molecule has 0 aromatic carbocycles. The SMILES string of the molecule is CC(=O)Nc1sc(C)c(C)c1C(=O)OCC(=O)N(C)Cc1ccco1. The first-order valence-corrected chi connectivity index (χ1v) is 8.42. The lowest BCUT2D eigenvalue weighted by Crippen LogP contribution is -2.30. The van der Waals surface area contributed by atoms with Crippen molar-refractivity contribution in [2.24, 2.45) is 0 Å². The highest BCUT2D eigenvalue weighted by Gasteiger charge is 2.23. The van der Waals surface area contributed by atoms with Crippen LogP contribution in [0.5, 0.6) is 0 Å². The topological polar surface area (TPSA) is 88.8 Å². The Morgan fingerprint density at radius 3 is 2.64 bits per heavy atom. The average Bonchev–Trinajstić information content (AvgIpc) is 3.13. The molecule has 0 aliphatic rings. The van der Waals surface area contributed by atoms with Crippen molar-refractivity contribution in [2.75, 3.05) is 19.0 Å². The van der Waals surface area contributed by atoms with Crippen molar-refractivity contribution in [3.63, 3.8) is 0 Å². The van der Waals surface area contributed by atoms with Crippen LogP contribution in [-0.2, 0) is 20.9 Å². The van der Waals surface area contributed by atoms with E-state index in [0.717, 1.165) is 10.4 Å².